The fourth-order valence-electron chi connectivity index (χ4n) is 1.68. The molecule has 1 aromatic rings. The van der Waals surface area contributed by atoms with Crippen molar-refractivity contribution in [2.75, 3.05) is 7.11 Å². The summed E-state index contributed by atoms with van der Waals surface area (Å²) in [6.45, 7) is 0. The lowest BCUT2D eigenvalue weighted by Gasteiger charge is -2.15. The summed E-state index contributed by atoms with van der Waals surface area (Å²) in [5, 5.41) is 0. The highest BCUT2D eigenvalue weighted by atomic mass is 19.3. The zero-order valence-electron chi connectivity index (χ0n) is 8.36. The van der Waals surface area contributed by atoms with Crippen LogP contribution >= 0.6 is 0 Å². The third-order valence-corrected chi connectivity index (χ3v) is 2.76. The number of alkyl halides is 2. The number of ether oxygens (including phenoxy) is 1. The summed E-state index contributed by atoms with van der Waals surface area (Å²) in [7, 11) is 1.07. The van der Waals surface area contributed by atoms with Gasteiger partial charge < -0.3 is 10.5 Å². The molecule has 0 bridgehead atoms. The molecule has 2 N–H and O–H groups in total. The van der Waals surface area contributed by atoms with Crippen molar-refractivity contribution in [1.29, 1.82) is 0 Å². The molecule has 0 amide bonds. The summed E-state index contributed by atoms with van der Waals surface area (Å²) in [6.07, 6.45) is -0.596. The van der Waals surface area contributed by atoms with Gasteiger partial charge in [0.25, 0.3) is 5.92 Å². The number of hydrogen-bond donors (Lipinski definition) is 1. The summed E-state index contributed by atoms with van der Waals surface area (Å²) in [5.41, 5.74) is 3.26. The Morgan fingerprint density at radius 1 is 1.31 bits per heavy atom. The van der Waals surface area contributed by atoms with E-state index in [0.29, 0.717) is 0 Å². The SMILES string of the molecule is COc1c(C2(N)CC2(F)F)ccc(F)c1F. The molecule has 0 saturated heterocycles. The zero-order chi connectivity index (χ0) is 12.1. The summed E-state index contributed by atoms with van der Waals surface area (Å²) in [5.74, 6) is -6.12. The van der Waals surface area contributed by atoms with Crippen molar-refractivity contribution in [3.8, 4) is 5.75 Å². The van der Waals surface area contributed by atoms with Crippen molar-refractivity contribution in [2.24, 2.45) is 5.73 Å². The van der Waals surface area contributed by atoms with E-state index in [1.54, 1.807) is 0 Å². The lowest BCUT2D eigenvalue weighted by molar-refractivity contribution is 0.0882. The number of nitrogens with two attached hydrogens (primary N) is 1. The van der Waals surface area contributed by atoms with E-state index < -0.39 is 35.3 Å². The first-order chi connectivity index (χ1) is 7.33. The third-order valence-electron chi connectivity index (χ3n) is 2.76. The van der Waals surface area contributed by atoms with Crippen LogP contribution in [0.2, 0.25) is 0 Å². The first-order valence-electron chi connectivity index (χ1n) is 4.52. The molecule has 88 valence electrons. The van der Waals surface area contributed by atoms with Crippen molar-refractivity contribution >= 4 is 0 Å². The van der Waals surface area contributed by atoms with Gasteiger partial charge in [0.15, 0.2) is 11.6 Å². The second-order valence-electron chi connectivity index (χ2n) is 3.79. The van der Waals surface area contributed by atoms with Crippen LogP contribution in [-0.2, 0) is 5.54 Å². The minimum absolute atomic E-state index is 0.209. The van der Waals surface area contributed by atoms with Crippen LogP contribution in [0.4, 0.5) is 17.6 Å². The highest BCUT2D eigenvalue weighted by Crippen LogP contribution is 2.59. The molecule has 0 aliphatic heterocycles. The molecule has 16 heavy (non-hydrogen) atoms. The van der Waals surface area contributed by atoms with Gasteiger partial charge >= 0.3 is 0 Å². The van der Waals surface area contributed by atoms with Gasteiger partial charge in [-0.2, -0.15) is 4.39 Å². The highest BCUT2D eigenvalue weighted by molar-refractivity contribution is 5.47. The molecule has 0 heterocycles. The van der Waals surface area contributed by atoms with Gasteiger partial charge in [0, 0.05) is 12.0 Å². The average Bonchev–Trinajstić information content (AvgIpc) is 2.71. The number of halogens is 4. The molecule has 0 radical (unpaired) electrons. The second-order valence-corrected chi connectivity index (χ2v) is 3.79. The van der Waals surface area contributed by atoms with Crippen molar-refractivity contribution in [1.82, 2.24) is 0 Å². The zero-order valence-corrected chi connectivity index (χ0v) is 8.36. The van der Waals surface area contributed by atoms with Crippen molar-refractivity contribution < 1.29 is 22.3 Å². The number of benzene rings is 1. The van der Waals surface area contributed by atoms with Crippen molar-refractivity contribution in [2.45, 2.75) is 17.9 Å². The van der Waals surface area contributed by atoms with Crippen LogP contribution in [-0.4, -0.2) is 13.0 Å². The predicted octanol–water partition coefficient (Wildman–Crippen LogP) is 2.17. The Morgan fingerprint density at radius 3 is 2.31 bits per heavy atom. The number of methoxy groups -OCH3 is 1. The Kier molecular flexibility index (Phi) is 2.17. The number of rotatable bonds is 2. The van der Waals surface area contributed by atoms with Crippen LogP contribution in [0, 0.1) is 11.6 Å². The Bertz CT molecular complexity index is 449. The summed E-state index contributed by atoms with van der Waals surface area (Å²) < 4.78 is 56.8. The molecule has 2 nitrogen and oxygen atoms in total. The van der Waals surface area contributed by atoms with E-state index in [4.69, 9.17) is 5.73 Å². The lowest BCUT2D eigenvalue weighted by atomic mass is 10.0. The fraction of sp³-hybridized carbons (Fsp3) is 0.400. The maximum absolute atomic E-state index is 13.3. The number of hydrogen-bond acceptors (Lipinski definition) is 2. The van der Waals surface area contributed by atoms with Crippen LogP contribution < -0.4 is 10.5 Å². The third kappa shape index (κ3) is 1.29. The molecule has 2 rings (SSSR count). The molecule has 1 fully saturated rings. The van der Waals surface area contributed by atoms with E-state index in [9.17, 15) is 17.6 Å². The predicted molar refractivity (Wildman–Crippen MR) is 48.3 cm³/mol. The summed E-state index contributed by atoms with van der Waals surface area (Å²) >= 11 is 0. The van der Waals surface area contributed by atoms with Gasteiger partial charge in [-0.25, -0.2) is 13.2 Å². The molecule has 0 aromatic heterocycles. The quantitative estimate of drug-likeness (QED) is 0.797. The topological polar surface area (TPSA) is 35.2 Å². The Hall–Kier alpha value is -1.30. The average molecular weight is 235 g/mol. The molecule has 1 aliphatic carbocycles. The Balaban J connectivity index is 2.55. The summed E-state index contributed by atoms with van der Waals surface area (Å²) in [4.78, 5) is 0. The minimum atomic E-state index is -3.11. The molecule has 1 saturated carbocycles. The molecule has 1 unspecified atom stereocenters. The second kappa shape index (κ2) is 3.10. The van der Waals surface area contributed by atoms with E-state index in [2.05, 4.69) is 4.74 Å². The van der Waals surface area contributed by atoms with Gasteiger partial charge in [0.2, 0.25) is 5.82 Å². The Labute approximate surface area is 89.0 Å². The van der Waals surface area contributed by atoms with Crippen LogP contribution in [0.25, 0.3) is 0 Å². The monoisotopic (exact) mass is 235 g/mol. The molecule has 0 spiro atoms. The van der Waals surface area contributed by atoms with Crippen LogP contribution in [0.3, 0.4) is 0 Å². The van der Waals surface area contributed by atoms with E-state index in [0.717, 1.165) is 19.2 Å². The molecule has 6 heteroatoms. The molecule has 1 aromatic carbocycles. The van der Waals surface area contributed by atoms with Crippen LogP contribution in [0.1, 0.15) is 12.0 Å². The summed E-state index contributed by atoms with van der Waals surface area (Å²) in [6, 6.07) is 1.79. The maximum atomic E-state index is 13.3. The van der Waals surface area contributed by atoms with Crippen molar-refractivity contribution in [3.05, 3.63) is 29.3 Å². The first-order valence-corrected chi connectivity index (χ1v) is 4.52. The van der Waals surface area contributed by atoms with E-state index in [1.165, 1.54) is 0 Å². The minimum Gasteiger partial charge on any atom is -0.493 e. The molecular weight excluding hydrogens is 226 g/mol. The fourth-order valence-corrected chi connectivity index (χ4v) is 1.68. The maximum Gasteiger partial charge on any atom is 0.272 e. The molecular formula is C10H9F4NO. The van der Waals surface area contributed by atoms with Gasteiger partial charge in [0.05, 0.1) is 7.11 Å². The van der Waals surface area contributed by atoms with E-state index >= 15 is 0 Å². The van der Waals surface area contributed by atoms with Crippen molar-refractivity contribution in [3.63, 3.8) is 0 Å². The Morgan fingerprint density at radius 2 is 1.88 bits per heavy atom. The van der Waals surface area contributed by atoms with E-state index in [1.807, 2.05) is 0 Å². The first kappa shape index (κ1) is 11.2. The van der Waals surface area contributed by atoms with E-state index in [-0.39, 0.29) is 5.56 Å². The van der Waals surface area contributed by atoms with Crippen LogP contribution in [0.15, 0.2) is 12.1 Å². The molecule has 1 atom stereocenters. The largest absolute Gasteiger partial charge is 0.493 e. The van der Waals surface area contributed by atoms with Gasteiger partial charge in [-0.05, 0) is 6.07 Å². The normalized spacial score (nSPS) is 26.6. The molecule has 1 aliphatic rings. The van der Waals surface area contributed by atoms with Gasteiger partial charge in [-0.3, -0.25) is 0 Å². The lowest BCUT2D eigenvalue weighted by Crippen LogP contribution is -2.28. The van der Waals surface area contributed by atoms with Crippen LogP contribution in [0.5, 0.6) is 5.75 Å². The smallest absolute Gasteiger partial charge is 0.272 e. The van der Waals surface area contributed by atoms with Gasteiger partial charge in [-0.1, -0.05) is 6.07 Å². The van der Waals surface area contributed by atoms with Gasteiger partial charge in [0.1, 0.15) is 5.54 Å². The van der Waals surface area contributed by atoms with Gasteiger partial charge in [-0.15, -0.1) is 0 Å². The standard InChI is InChI=1S/C10H9F4NO/c1-16-8-5(2-3-6(11)7(8)12)9(15)4-10(9,13)14/h2-3H,4,15H2,1H3. The highest BCUT2D eigenvalue weighted by Gasteiger charge is 2.71.